The quantitative estimate of drug-likeness (QED) is 0.872. The van der Waals surface area contributed by atoms with Crippen LogP contribution in [0.3, 0.4) is 0 Å². The molecule has 1 aliphatic carbocycles. The van der Waals surface area contributed by atoms with Crippen LogP contribution in [0.5, 0.6) is 0 Å². The molecule has 21 heavy (non-hydrogen) atoms. The van der Waals surface area contributed by atoms with Gasteiger partial charge in [0.25, 0.3) is 0 Å². The minimum absolute atomic E-state index is 0.887. The van der Waals surface area contributed by atoms with Crippen molar-refractivity contribution in [1.29, 1.82) is 0 Å². The van der Waals surface area contributed by atoms with Crippen LogP contribution in [-0.2, 0) is 6.54 Å². The molecule has 1 heterocycles. The average Bonchev–Trinajstić information content (AvgIpc) is 3.04. The van der Waals surface area contributed by atoms with Crippen molar-refractivity contribution in [2.45, 2.75) is 52.0 Å². The van der Waals surface area contributed by atoms with E-state index in [0.717, 1.165) is 18.4 Å². The molecule has 2 fully saturated rings. The van der Waals surface area contributed by atoms with Gasteiger partial charge in [-0.15, -0.1) is 0 Å². The number of anilines is 1. The summed E-state index contributed by atoms with van der Waals surface area (Å²) in [6.45, 7) is 7.11. The number of para-hydroxylation sites is 1. The van der Waals surface area contributed by atoms with Crippen LogP contribution in [0.4, 0.5) is 5.69 Å². The standard InChI is InChI=1S/C19H30N2/c1-16-8-2-3-9-17(16)14-20-15-18-10-4-5-11-19(18)21-12-6-7-13-21/h4-5,10-11,16-17,20H,2-3,6-9,12-15H2,1H3. The fourth-order valence-corrected chi connectivity index (χ4v) is 4.02. The minimum Gasteiger partial charge on any atom is -0.371 e. The van der Waals surface area contributed by atoms with Crippen molar-refractivity contribution >= 4 is 5.69 Å². The Morgan fingerprint density at radius 1 is 1.05 bits per heavy atom. The fraction of sp³-hybridized carbons (Fsp3) is 0.684. The van der Waals surface area contributed by atoms with E-state index in [1.54, 1.807) is 0 Å². The summed E-state index contributed by atoms with van der Waals surface area (Å²) >= 11 is 0. The average molecular weight is 286 g/mol. The molecule has 0 spiro atoms. The van der Waals surface area contributed by atoms with Crippen molar-refractivity contribution in [2.24, 2.45) is 11.8 Å². The van der Waals surface area contributed by atoms with Gasteiger partial charge in [0.05, 0.1) is 0 Å². The smallest absolute Gasteiger partial charge is 0.0411 e. The van der Waals surface area contributed by atoms with E-state index in [4.69, 9.17) is 0 Å². The Morgan fingerprint density at radius 2 is 1.81 bits per heavy atom. The van der Waals surface area contributed by atoms with Gasteiger partial charge in [-0.05, 0) is 49.3 Å². The summed E-state index contributed by atoms with van der Waals surface area (Å²) in [7, 11) is 0. The van der Waals surface area contributed by atoms with E-state index >= 15 is 0 Å². The van der Waals surface area contributed by atoms with Crippen LogP contribution < -0.4 is 10.2 Å². The van der Waals surface area contributed by atoms with E-state index in [2.05, 4.69) is 41.4 Å². The number of rotatable bonds is 5. The van der Waals surface area contributed by atoms with Gasteiger partial charge in [-0.3, -0.25) is 0 Å². The van der Waals surface area contributed by atoms with Gasteiger partial charge in [0, 0.05) is 25.3 Å². The summed E-state index contributed by atoms with van der Waals surface area (Å²) in [6.07, 6.45) is 8.41. The van der Waals surface area contributed by atoms with Gasteiger partial charge in [-0.25, -0.2) is 0 Å². The summed E-state index contributed by atoms with van der Waals surface area (Å²) in [6, 6.07) is 8.96. The van der Waals surface area contributed by atoms with Crippen molar-refractivity contribution in [3.05, 3.63) is 29.8 Å². The Kier molecular flexibility index (Phi) is 5.18. The minimum atomic E-state index is 0.887. The van der Waals surface area contributed by atoms with Crippen molar-refractivity contribution in [1.82, 2.24) is 5.32 Å². The van der Waals surface area contributed by atoms with Crippen LogP contribution in [0.25, 0.3) is 0 Å². The highest BCUT2D eigenvalue weighted by molar-refractivity contribution is 5.54. The molecule has 1 N–H and O–H groups in total. The molecule has 2 heteroatoms. The van der Waals surface area contributed by atoms with E-state index < -0.39 is 0 Å². The zero-order valence-electron chi connectivity index (χ0n) is 13.5. The maximum Gasteiger partial charge on any atom is 0.0411 e. The van der Waals surface area contributed by atoms with E-state index in [1.165, 1.54) is 69.4 Å². The van der Waals surface area contributed by atoms with E-state index in [-0.39, 0.29) is 0 Å². The van der Waals surface area contributed by atoms with E-state index in [0.29, 0.717) is 0 Å². The number of hydrogen-bond donors (Lipinski definition) is 1. The molecule has 1 aromatic rings. The van der Waals surface area contributed by atoms with Crippen LogP contribution in [0.15, 0.2) is 24.3 Å². The maximum atomic E-state index is 3.74. The second kappa shape index (κ2) is 7.31. The summed E-state index contributed by atoms with van der Waals surface area (Å²) in [5.41, 5.74) is 2.93. The molecule has 1 aromatic carbocycles. The molecule has 3 rings (SSSR count). The summed E-state index contributed by atoms with van der Waals surface area (Å²) in [4.78, 5) is 2.56. The molecule has 2 unspecified atom stereocenters. The lowest BCUT2D eigenvalue weighted by Crippen LogP contribution is -2.29. The highest BCUT2D eigenvalue weighted by Crippen LogP contribution is 2.29. The van der Waals surface area contributed by atoms with Crippen LogP contribution >= 0.6 is 0 Å². The van der Waals surface area contributed by atoms with E-state index in [1.807, 2.05) is 0 Å². The Morgan fingerprint density at radius 3 is 2.62 bits per heavy atom. The first-order valence-electron chi connectivity index (χ1n) is 8.88. The first-order valence-corrected chi connectivity index (χ1v) is 8.88. The topological polar surface area (TPSA) is 15.3 Å². The third-order valence-corrected chi connectivity index (χ3v) is 5.45. The lowest BCUT2D eigenvalue weighted by atomic mass is 9.80. The molecule has 1 saturated heterocycles. The Labute approximate surface area is 129 Å². The lowest BCUT2D eigenvalue weighted by molar-refractivity contribution is 0.247. The van der Waals surface area contributed by atoms with Crippen molar-refractivity contribution in [2.75, 3.05) is 24.5 Å². The van der Waals surface area contributed by atoms with Crippen molar-refractivity contribution in [3.63, 3.8) is 0 Å². The molecule has 0 bridgehead atoms. The number of nitrogens with zero attached hydrogens (tertiary/aromatic N) is 1. The maximum absolute atomic E-state index is 3.74. The third-order valence-electron chi connectivity index (χ3n) is 5.45. The molecule has 2 nitrogen and oxygen atoms in total. The van der Waals surface area contributed by atoms with Gasteiger partial charge in [-0.1, -0.05) is 44.4 Å². The Bertz CT molecular complexity index is 437. The van der Waals surface area contributed by atoms with Crippen molar-refractivity contribution < 1.29 is 0 Å². The number of hydrogen-bond acceptors (Lipinski definition) is 2. The predicted molar refractivity (Wildman–Crippen MR) is 90.7 cm³/mol. The highest BCUT2D eigenvalue weighted by atomic mass is 15.1. The second-order valence-corrected chi connectivity index (χ2v) is 6.98. The normalized spacial score (nSPS) is 26.2. The largest absolute Gasteiger partial charge is 0.371 e. The summed E-state index contributed by atoms with van der Waals surface area (Å²) < 4.78 is 0. The predicted octanol–water partition coefficient (Wildman–Crippen LogP) is 4.20. The molecular weight excluding hydrogens is 256 g/mol. The SMILES string of the molecule is CC1CCCCC1CNCc1ccccc1N1CCCC1. The van der Waals surface area contributed by atoms with Gasteiger partial charge in [-0.2, -0.15) is 0 Å². The Balaban J connectivity index is 1.55. The Hall–Kier alpha value is -1.02. The second-order valence-electron chi connectivity index (χ2n) is 6.98. The first kappa shape index (κ1) is 14.9. The van der Waals surface area contributed by atoms with Gasteiger partial charge >= 0.3 is 0 Å². The van der Waals surface area contributed by atoms with Crippen LogP contribution in [-0.4, -0.2) is 19.6 Å². The van der Waals surface area contributed by atoms with Crippen molar-refractivity contribution in [3.8, 4) is 0 Å². The zero-order valence-corrected chi connectivity index (χ0v) is 13.5. The summed E-state index contributed by atoms with van der Waals surface area (Å²) in [5.74, 6) is 1.79. The van der Waals surface area contributed by atoms with Gasteiger partial charge in [0.15, 0.2) is 0 Å². The number of nitrogens with one attached hydrogen (secondary N) is 1. The van der Waals surface area contributed by atoms with E-state index in [9.17, 15) is 0 Å². The van der Waals surface area contributed by atoms with Gasteiger partial charge < -0.3 is 10.2 Å². The molecule has 116 valence electrons. The van der Waals surface area contributed by atoms with Gasteiger partial charge in [0.2, 0.25) is 0 Å². The molecule has 0 amide bonds. The lowest BCUT2D eigenvalue weighted by Gasteiger charge is -2.29. The van der Waals surface area contributed by atoms with Crippen LogP contribution in [0.1, 0.15) is 51.0 Å². The monoisotopic (exact) mass is 286 g/mol. The summed E-state index contributed by atoms with van der Waals surface area (Å²) in [5, 5.41) is 3.74. The number of benzene rings is 1. The molecule has 0 aromatic heterocycles. The molecule has 2 aliphatic rings. The van der Waals surface area contributed by atoms with Crippen LogP contribution in [0.2, 0.25) is 0 Å². The molecule has 0 radical (unpaired) electrons. The molecular formula is C19H30N2. The van der Waals surface area contributed by atoms with Crippen LogP contribution in [0, 0.1) is 11.8 Å². The highest BCUT2D eigenvalue weighted by Gasteiger charge is 2.21. The molecule has 1 aliphatic heterocycles. The fourth-order valence-electron chi connectivity index (χ4n) is 4.02. The third kappa shape index (κ3) is 3.79. The molecule has 1 saturated carbocycles. The zero-order chi connectivity index (χ0) is 14.5. The first-order chi connectivity index (χ1) is 10.3. The van der Waals surface area contributed by atoms with Gasteiger partial charge in [0.1, 0.15) is 0 Å². The molecule has 2 atom stereocenters.